The number of rotatable bonds is 3. The molecule has 0 amide bonds. The molecular formula is C9H17N5O. The summed E-state index contributed by atoms with van der Waals surface area (Å²) in [6.07, 6.45) is 2.77. The Hall–Kier alpha value is -1.11. The normalized spacial score (nSPS) is 23.2. The summed E-state index contributed by atoms with van der Waals surface area (Å²) in [5, 5.41) is 4.11. The smallest absolute Gasteiger partial charge is 0.126 e. The number of anilines is 1. The van der Waals surface area contributed by atoms with E-state index in [0.717, 1.165) is 25.2 Å². The van der Waals surface area contributed by atoms with Gasteiger partial charge in [0.25, 0.3) is 0 Å². The summed E-state index contributed by atoms with van der Waals surface area (Å²) in [5.74, 6) is 6.60. The highest BCUT2D eigenvalue weighted by molar-refractivity contribution is 5.41. The summed E-state index contributed by atoms with van der Waals surface area (Å²) >= 11 is 0. The molecule has 0 aliphatic carbocycles. The van der Waals surface area contributed by atoms with E-state index in [1.807, 2.05) is 7.05 Å². The van der Waals surface area contributed by atoms with Crippen molar-refractivity contribution in [1.29, 1.82) is 0 Å². The van der Waals surface area contributed by atoms with E-state index in [1.165, 1.54) is 0 Å². The minimum Gasteiger partial charge on any atom is -0.384 e. The number of hydrogen-bond donors (Lipinski definition) is 3. The van der Waals surface area contributed by atoms with E-state index in [9.17, 15) is 0 Å². The molecule has 1 aliphatic heterocycles. The fourth-order valence-corrected chi connectivity index (χ4v) is 2.00. The molecule has 2 atom stereocenters. The van der Waals surface area contributed by atoms with Crippen LogP contribution in [0.3, 0.4) is 0 Å². The maximum atomic E-state index is 5.91. The number of nitrogens with one attached hydrogen (secondary N) is 1. The first-order valence-corrected chi connectivity index (χ1v) is 5.05. The number of nitrogens with two attached hydrogens (primary N) is 2. The third kappa shape index (κ3) is 1.83. The minimum atomic E-state index is 0.0289. The second kappa shape index (κ2) is 4.18. The van der Waals surface area contributed by atoms with Gasteiger partial charge in [-0.05, 0) is 6.42 Å². The number of ether oxygens (including phenoxy) is 1. The van der Waals surface area contributed by atoms with Gasteiger partial charge in [-0.15, -0.1) is 0 Å². The van der Waals surface area contributed by atoms with E-state index in [1.54, 1.807) is 10.9 Å². The molecule has 1 fully saturated rings. The maximum Gasteiger partial charge on any atom is 0.126 e. The lowest BCUT2D eigenvalue weighted by atomic mass is 9.94. The molecule has 0 bridgehead atoms. The number of hydrazine groups is 1. The van der Waals surface area contributed by atoms with Crippen LogP contribution in [0.15, 0.2) is 6.20 Å². The number of aromatic nitrogens is 2. The van der Waals surface area contributed by atoms with Crippen molar-refractivity contribution in [3.05, 3.63) is 11.8 Å². The molecule has 84 valence electrons. The van der Waals surface area contributed by atoms with Crippen molar-refractivity contribution in [3.8, 4) is 0 Å². The van der Waals surface area contributed by atoms with Crippen LogP contribution < -0.4 is 17.0 Å². The molecular weight excluding hydrogens is 194 g/mol. The zero-order valence-electron chi connectivity index (χ0n) is 8.81. The second-order valence-electron chi connectivity index (χ2n) is 3.88. The predicted molar refractivity (Wildman–Crippen MR) is 56.6 cm³/mol. The summed E-state index contributed by atoms with van der Waals surface area (Å²) in [6, 6.07) is 0.0289. The fraction of sp³-hybridized carbons (Fsp3) is 0.667. The SMILES string of the molecule is Cn1ncc(C(NN)C2CCOC2)c1N. The Bertz CT molecular complexity index is 331. The highest BCUT2D eigenvalue weighted by Gasteiger charge is 2.28. The molecule has 1 saturated heterocycles. The molecule has 2 unspecified atom stereocenters. The molecule has 1 aromatic heterocycles. The van der Waals surface area contributed by atoms with Gasteiger partial charge < -0.3 is 10.5 Å². The van der Waals surface area contributed by atoms with E-state index in [4.69, 9.17) is 16.3 Å². The molecule has 15 heavy (non-hydrogen) atoms. The monoisotopic (exact) mass is 211 g/mol. The van der Waals surface area contributed by atoms with Gasteiger partial charge in [0.05, 0.1) is 18.8 Å². The molecule has 6 nitrogen and oxygen atoms in total. The van der Waals surface area contributed by atoms with Gasteiger partial charge in [-0.3, -0.25) is 16.0 Å². The summed E-state index contributed by atoms with van der Waals surface area (Å²) in [5.41, 5.74) is 9.67. The van der Waals surface area contributed by atoms with E-state index in [2.05, 4.69) is 10.5 Å². The molecule has 0 radical (unpaired) electrons. The first-order valence-electron chi connectivity index (χ1n) is 5.05. The van der Waals surface area contributed by atoms with Crippen molar-refractivity contribution >= 4 is 5.82 Å². The van der Waals surface area contributed by atoms with E-state index < -0.39 is 0 Å². The predicted octanol–water partition coefficient (Wildman–Crippen LogP) is -0.457. The van der Waals surface area contributed by atoms with Crippen LogP contribution in [0, 0.1) is 5.92 Å². The molecule has 2 heterocycles. The Morgan fingerprint density at radius 1 is 1.73 bits per heavy atom. The third-order valence-electron chi connectivity index (χ3n) is 2.97. The zero-order chi connectivity index (χ0) is 10.8. The van der Waals surface area contributed by atoms with Crippen molar-refractivity contribution in [2.45, 2.75) is 12.5 Å². The van der Waals surface area contributed by atoms with Crippen LogP contribution >= 0.6 is 0 Å². The lowest BCUT2D eigenvalue weighted by Crippen LogP contribution is -2.34. The van der Waals surface area contributed by atoms with Gasteiger partial charge >= 0.3 is 0 Å². The number of nitrogens with zero attached hydrogens (tertiary/aromatic N) is 2. The summed E-state index contributed by atoms with van der Waals surface area (Å²) in [4.78, 5) is 0. The molecule has 0 saturated carbocycles. The molecule has 1 aromatic rings. The van der Waals surface area contributed by atoms with E-state index in [-0.39, 0.29) is 6.04 Å². The summed E-state index contributed by atoms with van der Waals surface area (Å²) in [6.45, 7) is 1.52. The molecule has 6 heteroatoms. The molecule has 0 aromatic carbocycles. The average molecular weight is 211 g/mol. The van der Waals surface area contributed by atoms with Crippen molar-refractivity contribution in [2.75, 3.05) is 18.9 Å². The largest absolute Gasteiger partial charge is 0.384 e. The molecule has 1 aliphatic rings. The lowest BCUT2D eigenvalue weighted by Gasteiger charge is -2.20. The lowest BCUT2D eigenvalue weighted by molar-refractivity contribution is 0.177. The Labute approximate surface area is 88.5 Å². The third-order valence-corrected chi connectivity index (χ3v) is 2.97. The standard InChI is InChI=1S/C9H17N5O/c1-14-9(10)7(4-12-14)8(13-11)6-2-3-15-5-6/h4,6,8,13H,2-3,5,10-11H2,1H3. The van der Waals surface area contributed by atoms with Crippen molar-refractivity contribution in [3.63, 3.8) is 0 Å². The first-order chi connectivity index (χ1) is 7.24. The van der Waals surface area contributed by atoms with Crippen LogP contribution in [0.4, 0.5) is 5.82 Å². The highest BCUT2D eigenvalue weighted by Crippen LogP contribution is 2.30. The van der Waals surface area contributed by atoms with Gasteiger partial charge in [0, 0.05) is 25.1 Å². The van der Waals surface area contributed by atoms with Crippen LogP contribution in [-0.4, -0.2) is 23.0 Å². The van der Waals surface area contributed by atoms with Gasteiger partial charge in [-0.1, -0.05) is 0 Å². The Kier molecular flexibility index (Phi) is 2.90. The van der Waals surface area contributed by atoms with Gasteiger partial charge in [0.15, 0.2) is 0 Å². The number of hydrogen-bond acceptors (Lipinski definition) is 5. The van der Waals surface area contributed by atoms with E-state index in [0.29, 0.717) is 11.7 Å². The summed E-state index contributed by atoms with van der Waals surface area (Å²) in [7, 11) is 1.82. The summed E-state index contributed by atoms with van der Waals surface area (Å²) < 4.78 is 6.99. The maximum absolute atomic E-state index is 5.91. The van der Waals surface area contributed by atoms with Crippen LogP contribution in [0.2, 0.25) is 0 Å². The number of aryl methyl sites for hydroxylation is 1. The minimum absolute atomic E-state index is 0.0289. The average Bonchev–Trinajstić information content (AvgIpc) is 2.84. The van der Waals surface area contributed by atoms with Gasteiger partial charge in [0.2, 0.25) is 0 Å². The van der Waals surface area contributed by atoms with Crippen molar-refractivity contribution in [1.82, 2.24) is 15.2 Å². The molecule has 0 spiro atoms. The van der Waals surface area contributed by atoms with Crippen LogP contribution in [0.1, 0.15) is 18.0 Å². The Morgan fingerprint density at radius 3 is 3.00 bits per heavy atom. The Balaban J connectivity index is 2.22. The molecule has 5 N–H and O–H groups in total. The van der Waals surface area contributed by atoms with Gasteiger partial charge in [0.1, 0.15) is 5.82 Å². The van der Waals surface area contributed by atoms with Crippen molar-refractivity contribution < 1.29 is 4.74 Å². The zero-order valence-corrected chi connectivity index (χ0v) is 8.81. The van der Waals surface area contributed by atoms with Crippen LogP contribution in [0.5, 0.6) is 0 Å². The quantitative estimate of drug-likeness (QED) is 0.465. The van der Waals surface area contributed by atoms with Crippen molar-refractivity contribution in [2.24, 2.45) is 18.8 Å². The van der Waals surface area contributed by atoms with Crippen LogP contribution in [-0.2, 0) is 11.8 Å². The topological polar surface area (TPSA) is 91.1 Å². The first kappa shape index (κ1) is 10.4. The number of nitrogen functional groups attached to an aromatic ring is 1. The Morgan fingerprint density at radius 2 is 2.53 bits per heavy atom. The fourth-order valence-electron chi connectivity index (χ4n) is 2.00. The van der Waals surface area contributed by atoms with Crippen LogP contribution in [0.25, 0.3) is 0 Å². The second-order valence-corrected chi connectivity index (χ2v) is 3.88. The van der Waals surface area contributed by atoms with Gasteiger partial charge in [-0.2, -0.15) is 5.10 Å². The highest BCUT2D eigenvalue weighted by atomic mass is 16.5. The molecule has 2 rings (SSSR count). The van der Waals surface area contributed by atoms with E-state index >= 15 is 0 Å². The van der Waals surface area contributed by atoms with Gasteiger partial charge in [-0.25, -0.2) is 0 Å².